The molecule has 0 aliphatic heterocycles. The summed E-state index contributed by atoms with van der Waals surface area (Å²) in [7, 11) is -3.86. The number of aromatic nitrogens is 4. The molecular weight excluding hydrogens is 528 g/mol. The summed E-state index contributed by atoms with van der Waals surface area (Å²) in [5.41, 5.74) is 2.72. The molecule has 2 aromatic heterocycles. The number of nitrogens with zero attached hydrogens (tertiary/aromatic N) is 3. The number of aromatic amines is 1. The zero-order valence-corrected chi connectivity index (χ0v) is 21.5. The molecule has 5 aromatic rings. The highest BCUT2D eigenvalue weighted by Gasteiger charge is 2.19. The molecule has 0 saturated carbocycles. The molecule has 3 aromatic carbocycles. The van der Waals surface area contributed by atoms with Crippen molar-refractivity contribution in [3.05, 3.63) is 83.4 Å². The molecule has 1 amide bonds. The standard InChI is InChI=1S/C25H20N6O5S2/c1-15-29-30-25(37-15)31-38(34,35)17-12-10-16(11-13-17)26-22(32)14-36-24(33)19-7-3-2-6-18(19)23-27-20-8-4-5-9-21(20)28-23/h2-13H,14H2,1H3,(H,26,32)(H,27,28)(H,30,31). The minimum Gasteiger partial charge on any atom is -0.452 e. The van der Waals surface area contributed by atoms with Crippen LogP contribution in [0, 0.1) is 6.92 Å². The number of amides is 1. The molecule has 0 radical (unpaired) electrons. The number of hydrogen-bond acceptors (Lipinski definition) is 9. The number of hydrogen-bond donors (Lipinski definition) is 3. The summed E-state index contributed by atoms with van der Waals surface area (Å²) in [6.07, 6.45) is 0. The second kappa shape index (κ2) is 10.4. The van der Waals surface area contributed by atoms with Gasteiger partial charge >= 0.3 is 5.97 Å². The number of esters is 1. The van der Waals surface area contributed by atoms with Gasteiger partial charge in [0.2, 0.25) is 5.13 Å². The summed E-state index contributed by atoms with van der Waals surface area (Å²) in [4.78, 5) is 32.9. The summed E-state index contributed by atoms with van der Waals surface area (Å²) in [6, 6.07) is 19.8. The fourth-order valence-electron chi connectivity index (χ4n) is 3.58. The van der Waals surface area contributed by atoms with Crippen LogP contribution < -0.4 is 10.0 Å². The van der Waals surface area contributed by atoms with Gasteiger partial charge in [0.15, 0.2) is 6.61 Å². The van der Waals surface area contributed by atoms with E-state index in [2.05, 4.69) is 30.2 Å². The number of ether oxygens (including phenoxy) is 1. The number of rotatable bonds is 8. The Morgan fingerprint density at radius 2 is 1.71 bits per heavy atom. The first kappa shape index (κ1) is 25.0. The van der Waals surface area contributed by atoms with E-state index in [4.69, 9.17) is 4.74 Å². The van der Waals surface area contributed by atoms with Crippen LogP contribution in [0.5, 0.6) is 0 Å². The molecule has 0 bridgehead atoms. The Morgan fingerprint density at radius 1 is 0.974 bits per heavy atom. The van der Waals surface area contributed by atoms with Gasteiger partial charge in [-0.15, -0.1) is 10.2 Å². The van der Waals surface area contributed by atoms with Crippen LogP contribution in [0.3, 0.4) is 0 Å². The number of benzene rings is 3. The highest BCUT2D eigenvalue weighted by atomic mass is 32.2. The summed E-state index contributed by atoms with van der Waals surface area (Å²) in [5.74, 6) is -0.762. The number of anilines is 2. The van der Waals surface area contributed by atoms with Gasteiger partial charge in [0.25, 0.3) is 15.9 Å². The number of H-pyrrole nitrogens is 1. The summed E-state index contributed by atoms with van der Waals surface area (Å²) >= 11 is 1.11. The van der Waals surface area contributed by atoms with Crippen molar-refractivity contribution in [1.82, 2.24) is 20.2 Å². The molecule has 0 aliphatic rings. The van der Waals surface area contributed by atoms with Crippen molar-refractivity contribution < 1.29 is 22.7 Å². The summed E-state index contributed by atoms with van der Waals surface area (Å²) < 4.78 is 32.6. The molecule has 0 atom stereocenters. The molecule has 0 aliphatic carbocycles. The Kier molecular flexibility index (Phi) is 6.85. The SMILES string of the molecule is Cc1nnc(NS(=O)(=O)c2ccc(NC(=O)COC(=O)c3ccccc3-c3nc4ccccc4[nH]3)cc2)s1. The Morgan fingerprint density at radius 3 is 2.45 bits per heavy atom. The van der Waals surface area contributed by atoms with Gasteiger partial charge in [-0.3, -0.25) is 9.52 Å². The first-order valence-corrected chi connectivity index (χ1v) is 13.5. The molecule has 3 N–H and O–H groups in total. The van der Waals surface area contributed by atoms with E-state index in [-0.39, 0.29) is 15.6 Å². The smallest absolute Gasteiger partial charge is 0.339 e. The number of sulfonamides is 1. The third-order valence-electron chi connectivity index (χ3n) is 5.32. The van der Waals surface area contributed by atoms with Crippen LogP contribution in [0.2, 0.25) is 0 Å². The van der Waals surface area contributed by atoms with Gasteiger partial charge in [0, 0.05) is 11.3 Å². The average molecular weight is 549 g/mol. The topological polar surface area (TPSA) is 156 Å². The van der Waals surface area contributed by atoms with Crippen molar-refractivity contribution >= 4 is 55.1 Å². The number of nitrogens with one attached hydrogen (secondary N) is 3. The molecule has 2 heterocycles. The third kappa shape index (κ3) is 5.53. The second-order valence-corrected chi connectivity index (χ2v) is 10.9. The fraction of sp³-hybridized carbons (Fsp3) is 0.0800. The van der Waals surface area contributed by atoms with Gasteiger partial charge in [-0.1, -0.05) is 41.7 Å². The van der Waals surface area contributed by atoms with Crippen molar-refractivity contribution in [3.63, 3.8) is 0 Å². The third-order valence-corrected chi connectivity index (χ3v) is 7.56. The minimum atomic E-state index is -3.86. The maximum atomic E-state index is 12.8. The summed E-state index contributed by atoms with van der Waals surface area (Å²) in [5, 5.41) is 10.9. The molecule has 5 rings (SSSR count). The molecule has 192 valence electrons. The molecule has 11 nitrogen and oxygen atoms in total. The van der Waals surface area contributed by atoms with E-state index in [1.54, 1.807) is 31.2 Å². The lowest BCUT2D eigenvalue weighted by Gasteiger charge is -2.10. The van der Waals surface area contributed by atoms with E-state index in [0.717, 1.165) is 22.4 Å². The van der Waals surface area contributed by atoms with Crippen molar-refractivity contribution in [1.29, 1.82) is 0 Å². The summed E-state index contributed by atoms with van der Waals surface area (Å²) in [6.45, 7) is 1.18. The maximum absolute atomic E-state index is 12.8. The van der Waals surface area contributed by atoms with Crippen LogP contribution in [-0.2, 0) is 19.6 Å². The van der Waals surface area contributed by atoms with Gasteiger partial charge in [0.1, 0.15) is 10.8 Å². The van der Waals surface area contributed by atoms with Gasteiger partial charge < -0.3 is 15.0 Å². The molecule has 0 unspecified atom stereocenters. The predicted octanol–water partition coefficient (Wildman–Crippen LogP) is 3.99. The van der Waals surface area contributed by atoms with Crippen LogP contribution >= 0.6 is 11.3 Å². The first-order chi connectivity index (χ1) is 18.3. The lowest BCUT2D eigenvalue weighted by Crippen LogP contribution is -2.21. The highest BCUT2D eigenvalue weighted by molar-refractivity contribution is 7.93. The second-order valence-electron chi connectivity index (χ2n) is 8.03. The Hall–Kier alpha value is -4.62. The van der Waals surface area contributed by atoms with Crippen LogP contribution in [0.4, 0.5) is 10.8 Å². The number of para-hydroxylation sites is 2. The minimum absolute atomic E-state index is 0.0167. The predicted molar refractivity (Wildman–Crippen MR) is 142 cm³/mol. The first-order valence-electron chi connectivity index (χ1n) is 11.2. The van der Waals surface area contributed by atoms with Crippen LogP contribution in [0.15, 0.2) is 77.7 Å². The van der Waals surface area contributed by atoms with E-state index in [0.29, 0.717) is 22.1 Å². The van der Waals surface area contributed by atoms with E-state index in [9.17, 15) is 18.0 Å². The lowest BCUT2D eigenvalue weighted by molar-refractivity contribution is -0.119. The van der Waals surface area contributed by atoms with Gasteiger partial charge in [-0.05, 0) is 49.4 Å². The van der Waals surface area contributed by atoms with Crippen LogP contribution in [-0.4, -0.2) is 47.1 Å². The number of carbonyl (C=O) groups excluding carboxylic acids is 2. The fourth-order valence-corrected chi connectivity index (χ4v) is 5.40. The van der Waals surface area contributed by atoms with E-state index < -0.39 is 28.5 Å². The normalized spacial score (nSPS) is 11.3. The van der Waals surface area contributed by atoms with E-state index in [1.807, 2.05) is 24.3 Å². The number of fused-ring (bicyclic) bond motifs is 1. The Bertz CT molecular complexity index is 1710. The van der Waals surface area contributed by atoms with Crippen LogP contribution in [0.25, 0.3) is 22.4 Å². The van der Waals surface area contributed by atoms with E-state index >= 15 is 0 Å². The average Bonchev–Trinajstić information content (AvgIpc) is 3.53. The Labute approximate surface area is 221 Å². The largest absolute Gasteiger partial charge is 0.452 e. The van der Waals surface area contributed by atoms with Gasteiger partial charge in [-0.2, -0.15) is 0 Å². The molecule has 0 saturated heterocycles. The van der Waals surface area contributed by atoms with Crippen molar-refractivity contribution in [3.8, 4) is 11.4 Å². The van der Waals surface area contributed by atoms with Crippen molar-refractivity contribution in [2.24, 2.45) is 0 Å². The quantitative estimate of drug-likeness (QED) is 0.246. The van der Waals surface area contributed by atoms with Crippen molar-refractivity contribution in [2.45, 2.75) is 11.8 Å². The zero-order chi connectivity index (χ0) is 26.7. The number of imidazole rings is 1. The van der Waals surface area contributed by atoms with Crippen molar-refractivity contribution in [2.75, 3.05) is 16.6 Å². The van der Waals surface area contributed by atoms with Gasteiger partial charge in [-0.25, -0.2) is 18.2 Å². The molecule has 0 fully saturated rings. The molecular formula is C25H20N6O5S2. The molecule has 0 spiro atoms. The maximum Gasteiger partial charge on any atom is 0.339 e. The molecule has 38 heavy (non-hydrogen) atoms. The van der Waals surface area contributed by atoms with E-state index in [1.165, 1.54) is 24.3 Å². The number of carbonyl (C=O) groups is 2. The number of aryl methyl sites for hydroxylation is 1. The zero-order valence-electron chi connectivity index (χ0n) is 19.8. The Balaban J connectivity index is 1.21. The lowest BCUT2D eigenvalue weighted by atomic mass is 10.1. The highest BCUT2D eigenvalue weighted by Crippen LogP contribution is 2.25. The van der Waals surface area contributed by atoms with Crippen LogP contribution in [0.1, 0.15) is 15.4 Å². The van der Waals surface area contributed by atoms with Gasteiger partial charge in [0.05, 0.1) is 21.5 Å². The monoisotopic (exact) mass is 548 g/mol. The molecule has 13 heteroatoms.